The third-order valence-electron chi connectivity index (χ3n) is 3.64. The predicted octanol–water partition coefficient (Wildman–Crippen LogP) is 3.49. The van der Waals surface area contributed by atoms with Gasteiger partial charge >= 0.3 is 0 Å². The average molecular weight is 295 g/mol. The van der Waals surface area contributed by atoms with Gasteiger partial charge in [0.25, 0.3) is 0 Å². The van der Waals surface area contributed by atoms with Crippen LogP contribution >= 0.6 is 0 Å². The standard InChI is InChI=1S/C18H18FN3/c1-13-4-2-3-5-17(13)22-18(12-16(21-22)10-11-20)14-6-8-15(19)9-7-14/h2-9,12H,10-11,20H2,1H3. The van der Waals surface area contributed by atoms with E-state index in [9.17, 15) is 4.39 Å². The molecule has 3 nitrogen and oxygen atoms in total. The Hall–Kier alpha value is -2.46. The van der Waals surface area contributed by atoms with Crippen molar-refractivity contribution in [2.24, 2.45) is 5.73 Å². The number of hydrogen-bond acceptors (Lipinski definition) is 2. The van der Waals surface area contributed by atoms with E-state index in [0.29, 0.717) is 13.0 Å². The van der Waals surface area contributed by atoms with E-state index >= 15 is 0 Å². The van der Waals surface area contributed by atoms with Gasteiger partial charge in [-0.3, -0.25) is 0 Å². The summed E-state index contributed by atoms with van der Waals surface area (Å²) in [6, 6.07) is 16.6. The zero-order chi connectivity index (χ0) is 15.5. The fourth-order valence-electron chi connectivity index (χ4n) is 2.51. The summed E-state index contributed by atoms with van der Waals surface area (Å²) in [6.07, 6.45) is 0.715. The fourth-order valence-corrected chi connectivity index (χ4v) is 2.51. The lowest BCUT2D eigenvalue weighted by Crippen LogP contribution is -2.05. The maximum absolute atomic E-state index is 13.2. The van der Waals surface area contributed by atoms with Gasteiger partial charge in [0.2, 0.25) is 0 Å². The van der Waals surface area contributed by atoms with Crippen molar-refractivity contribution >= 4 is 0 Å². The number of benzene rings is 2. The van der Waals surface area contributed by atoms with Crippen molar-refractivity contribution in [3.8, 4) is 16.9 Å². The second kappa shape index (κ2) is 6.12. The Morgan fingerprint density at radius 2 is 1.82 bits per heavy atom. The van der Waals surface area contributed by atoms with Crippen molar-refractivity contribution < 1.29 is 4.39 Å². The molecule has 2 aromatic carbocycles. The average Bonchev–Trinajstić information content (AvgIpc) is 2.93. The molecule has 0 unspecified atom stereocenters. The third-order valence-corrected chi connectivity index (χ3v) is 3.64. The Bertz CT molecular complexity index is 775. The quantitative estimate of drug-likeness (QED) is 0.800. The minimum absolute atomic E-state index is 0.243. The molecule has 0 radical (unpaired) electrons. The highest BCUT2D eigenvalue weighted by Crippen LogP contribution is 2.26. The second-order valence-electron chi connectivity index (χ2n) is 5.26. The minimum atomic E-state index is -0.243. The number of hydrogen-bond donors (Lipinski definition) is 1. The van der Waals surface area contributed by atoms with Crippen LogP contribution in [0.15, 0.2) is 54.6 Å². The van der Waals surface area contributed by atoms with Gasteiger partial charge in [0.1, 0.15) is 5.82 Å². The van der Waals surface area contributed by atoms with Gasteiger partial charge < -0.3 is 5.73 Å². The van der Waals surface area contributed by atoms with Gasteiger partial charge in [-0.2, -0.15) is 5.10 Å². The molecular formula is C18H18FN3. The van der Waals surface area contributed by atoms with Gasteiger partial charge in [-0.05, 0) is 55.4 Å². The van der Waals surface area contributed by atoms with Crippen molar-refractivity contribution in [1.82, 2.24) is 9.78 Å². The highest BCUT2D eigenvalue weighted by Gasteiger charge is 2.12. The van der Waals surface area contributed by atoms with E-state index in [0.717, 1.165) is 28.2 Å². The van der Waals surface area contributed by atoms with Crippen LogP contribution in [0.3, 0.4) is 0 Å². The van der Waals surface area contributed by atoms with E-state index < -0.39 is 0 Å². The van der Waals surface area contributed by atoms with Crippen LogP contribution in [0.25, 0.3) is 16.9 Å². The summed E-state index contributed by atoms with van der Waals surface area (Å²) in [5.74, 6) is -0.243. The van der Waals surface area contributed by atoms with Crippen molar-refractivity contribution in [2.45, 2.75) is 13.3 Å². The van der Waals surface area contributed by atoms with Crippen LogP contribution in [0.2, 0.25) is 0 Å². The molecule has 0 aliphatic rings. The van der Waals surface area contributed by atoms with Crippen LogP contribution in [-0.4, -0.2) is 16.3 Å². The Kier molecular flexibility index (Phi) is 4.02. The molecule has 0 aliphatic heterocycles. The highest BCUT2D eigenvalue weighted by atomic mass is 19.1. The molecule has 0 spiro atoms. The normalized spacial score (nSPS) is 10.9. The van der Waals surface area contributed by atoms with Crippen LogP contribution in [0.1, 0.15) is 11.3 Å². The Morgan fingerprint density at radius 3 is 2.50 bits per heavy atom. The van der Waals surface area contributed by atoms with E-state index in [1.54, 1.807) is 12.1 Å². The summed E-state index contributed by atoms with van der Waals surface area (Å²) in [6.45, 7) is 2.60. The lowest BCUT2D eigenvalue weighted by atomic mass is 10.1. The van der Waals surface area contributed by atoms with Crippen LogP contribution in [0.4, 0.5) is 4.39 Å². The van der Waals surface area contributed by atoms with E-state index in [2.05, 4.69) is 5.10 Å². The van der Waals surface area contributed by atoms with Crippen LogP contribution in [-0.2, 0) is 6.42 Å². The Balaban J connectivity index is 2.16. The maximum atomic E-state index is 13.2. The van der Waals surface area contributed by atoms with E-state index in [4.69, 9.17) is 5.73 Å². The molecule has 1 heterocycles. The molecule has 0 aliphatic carbocycles. The fraction of sp³-hybridized carbons (Fsp3) is 0.167. The smallest absolute Gasteiger partial charge is 0.123 e. The van der Waals surface area contributed by atoms with Gasteiger partial charge in [0, 0.05) is 12.0 Å². The molecule has 3 aromatic rings. The summed E-state index contributed by atoms with van der Waals surface area (Å²) in [4.78, 5) is 0. The monoisotopic (exact) mass is 295 g/mol. The number of halogens is 1. The predicted molar refractivity (Wildman–Crippen MR) is 86.5 cm³/mol. The van der Waals surface area contributed by atoms with Gasteiger partial charge in [0.15, 0.2) is 0 Å². The second-order valence-corrected chi connectivity index (χ2v) is 5.26. The molecule has 0 fully saturated rings. The van der Waals surface area contributed by atoms with Crippen molar-refractivity contribution in [3.63, 3.8) is 0 Å². The number of nitrogens with zero attached hydrogens (tertiary/aromatic N) is 2. The molecule has 3 rings (SSSR count). The molecule has 0 saturated heterocycles. The summed E-state index contributed by atoms with van der Waals surface area (Å²) in [7, 11) is 0. The number of aromatic nitrogens is 2. The molecular weight excluding hydrogens is 277 g/mol. The topological polar surface area (TPSA) is 43.8 Å². The number of rotatable bonds is 4. The lowest BCUT2D eigenvalue weighted by molar-refractivity contribution is 0.628. The summed E-state index contributed by atoms with van der Waals surface area (Å²) >= 11 is 0. The molecule has 4 heteroatoms. The van der Waals surface area contributed by atoms with E-state index in [1.165, 1.54) is 12.1 Å². The van der Waals surface area contributed by atoms with E-state index in [-0.39, 0.29) is 5.82 Å². The summed E-state index contributed by atoms with van der Waals surface area (Å²) < 4.78 is 15.1. The molecule has 0 atom stereocenters. The van der Waals surface area contributed by atoms with Crippen LogP contribution < -0.4 is 5.73 Å². The Morgan fingerprint density at radius 1 is 1.09 bits per heavy atom. The first-order valence-corrected chi connectivity index (χ1v) is 7.30. The molecule has 1 aromatic heterocycles. The van der Waals surface area contributed by atoms with Crippen LogP contribution in [0, 0.1) is 12.7 Å². The molecule has 2 N–H and O–H groups in total. The number of nitrogens with two attached hydrogens (primary N) is 1. The zero-order valence-electron chi connectivity index (χ0n) is 12.5. The highest BCUT2D eigenvalue weighted by molar-refractivity contribution is 5.63. The minimum Gasteiger partial charge on any atom is -0.330 e. The van der Waals surface area contributed by atoms with Gasteiger partial charge in [-0.1, -0.05) is 18.2 Å². The zero-order valence-corrected chi connectivity index (χ0v) is 12.5. The molecule has 0 bridgehead atoms. The van der Waals surface area contributed by atoms with Gasteiger partial charge in [-0.15, -0.1) is 0 Å². The summed E-state index contributed by atoms with van der Waals surface area (Å²) in [5.41, 5.74) is 10.6. The molecule has 112 valence electrons. The molecule has 22 heavy (non-hydrogen) atoms. The van der Waals surface area contributed by atoms with Crippen LogP contribution in [0.5, 0.6) is 0 Å². The largest absolute Gasteiger partial charge is 0.330 e. The number of para-hydroxylation sites is 1. The first-order chi connectivity index (χ1) is 10.7. The SMILES string of the molecule is Cc1ccccc1-n1nc(CCN)cc1-c1ccc(F)cc1. The molecule has 0 amide bonds. The van der Waals surface area contributed by atoms with Gasteiger partial charge in [0.05, 0.1) is 17.1 Å². The van der Waals surface area contributed by atoms with Gasteiger partial charge in [-0.25, -0.2) is 9.07 Å². The van der Waals surface area contributed by atoms with Crippen molar-refractivity contribution in [1.29, 1.82) is 0 Å². The Labute approximate surface area is 129 Å². The first-order valence-electron chi connectivity index (χ1n) is 7.30. The lowest BCUT2D eigenvalue weighted by Gasteiger charge is -2.10. The first kappa shape index (κ1) is 14.5. The van der Waals surface area contributed by atoms with E-state index in [1.807, 2.05) is 41.9 Å². The maximum Gasteiger partial charge on any atom is 0.123 e. The van der Waals surface area contributed by atoms with Crippen molar-refractivity contribution in [2.75, 3.05) is 6.54 Å². The number of aryl methyl sites for hydroxylation is 1. The third kappa shape index (κ3) is 2.78. The van der Waals surface area contributed by atoms with Crippen molar-refractivity contribution in [3.05, 3.63) is 71.7 Å². The summed E-state index contributed by atoms with van der Waals surface area (Å²) in [5, 5.41) is 4.67. The molecule has 0 saturated carbocycles.